The fraction of sp³-hybridized carbons (Fsp3) is 0.500. The average Bonchev–Trinajstić information content (AvgIpc) is 2.70. The lowest BCUT2D eigenvalue weighted by Crippen LogP contribution is -2.13. The number of aromatic nitrogens is 3. The van der Waals surface area contributed by atoms with Gasteiger partial charge in [0.1, 0.15) is 0 Å². The molecule has 0 amide bonds. The Bertz CT molecular complexity index is 599. The summed E-state index contributed by atoms with van der Waals surface area (Å²) in [5.74, 6) is 0.915. The van der Waals surface area contributed by atoms with E-state index in [0.717, 1.165) is 36.7 Å². The first-order valence-corrected chi connectivity index (χ1v) is 7.30. The summed E-state index contributed by atoms with van der Waals surface area (Å²) < 4.78 is 1.97. The van der Waals surface area contributed by atoms with Crippen LogP contribution in [0, 0.1) is 20.8 Å². The van der Waals surface area contributed by atoms with Crippen LogP contribution in [0.25, 0.3) is 5.82 Å². The minimum atomic E-state index is 0.868. The van der Waals surface area contributed by atoms with Gasteiger partial charge in [-0.1, -0.05) is 13.8 Å². The van der Waals surface area contributed by atoms with E-state index in [9.17, 15) is 0 Å². The zero-order valence-corrected chi connectivity index (χ0v) is 13.1. The van der Waals surface area contributed by atoms with E-state index >= 15 is 0 Å². The van der Waals surface area contributed by atoms with E-state index < -0.39 is 0 Å². The van der Waals surface area contributed by atoms with Crippen LogP contribution in [-0.2, 0) is 13.0 Å². The van der Waals surface area contributed by atoms with Crippen molar-refractivity contribution in [1.82, 2.24) is 20.1 Å². The molecule has 0 aliphatic carbocycles. The van der Waals surface area contributed by atoms with Crippen LogP contribution in [0.5, 0.6) is 0 Å². The molecule has 0 radical (unpaired) electrons. The van der Waals surface area contributed by atoms with Crippen LogP contribution in [-0.4, -0.2) is 21.3 Å². The smallest absolute Gasteiger partial charge is 0.154 e. The summed E-state index contributed by atoms with van der Waals surface area (Å²) in [6.45, 7) is 12.3. The van der Waals surface area contributed by atoms with Crippen LogP contribution in [0.4, 0.5) is 0 Å². The van der Waals surface area contributed by atoms with Crippen molar-refractivity contribution in [2.24, 2.45) is 0 Å². The van der Waals surface area contributed by atoms with Crippen LogP contribution in [0.1, 0.15) is 42.1 Å². The molecular weight excluding hydrogens is 248 g/mol. The lowest BCUT2D eigenvalue weighted by Gasteiger charge is -2.09. The molecule has 2 aromatic rings. The van der Waals surface area contributed by atoms with Gasteiger partial charge < -0.3 is 5.32 Å². The highest BCUT2D eigenvalue weighted by Crippen LogP contribution is 2.18. The Morgan fingerprint density at radius 2 is 1.90 bits per heavy atom. The second kappa shape index (κ2) is 6.18. The Morgan fingerprint density at radius 1 is 1.15 bits per heavy atom. The van der Waals surface area contributed by atoms with Gasteiger partial charge >= 0.3 is 0 Å². The van der Waals surface area contributed by atoms with Crippen LogP contribution >= 0.6 is 0 Å². The van der Waals surface area contributed by atoms with Gasteiger partial charge in [-0.25, -0.2) is 9.67 Å². The SMILES string of the molecule is CCNCc1cc(C)nc(-n2nc(C)c(CC)c2C)c1. The maximum Gasteiger partial charge on any atom is 0.154 e. The van der Waals surface area contributed by atoms with Crippen LogP contribution < -0.4 is 5.32 Å². The first-order valence-electron chi connectivity index (χ1n) is 7.30. The quantitative estimate of drug-likeness (QED) is 0.910. The van der Waals surface area contributed by atoms with Gasteiger partial charge in [0.05, 0.1) is 5.69 Å². The number of aryl methyl sites for hydroxylation is 2. The molecule has 0 spiro atoms. The molecule has 0 bridgehead atoms. The molecule has 4 nitrogen and oxygen atoms in total. The molecular formula is C16H24N4. The molecule has 0 aliphatic heterocycles. The maximum absolute atomic E-state index is 4.65. The number of rotatable bonds is 5. The van der Waals surface area contributed by atoms with E-state index in [1.807, 2.05) is 11.6 Å². The van der Waals surface area contributed by atoms with Crippen molar-refractivity contribution >= 4 is 0 Å². The lowest BCUT2D eigenvalue weighted by molar-refractivity contribution is 0.720. The van der Waals surface area contributed by atoms with Crippen molar-refractivity contribution in [2.75, 3.05) is 6.54 Å². The van der Waals surface area contributed by atoms with E-state index in [1.165, 1.54) is 16.8 Å². The zero-order chi connectivity index (χ0) is 14.7. The average molecular weight is 272 g/mol. The normalized spacial score (nSPS) is 11.1. The summed E-state index contributed by atoms with van der Waals surface area (Å²) in [6, 6.07) is 4.24. The number of hydrogen-bond acceptors (Lipinski definition) is 3. The third-order valence-electron chi connectivity index (χ3n) is 3.59. The van der Waals surface area contributed by atoms with Gasteiger partial charge in [-0.2, -0.15) is 5.10 Å². The van der Waals surface area contributed by atoms with E-state index in [4.69, 9.17) is 0 Å². The van der Waals surface area contributed by atoms with Gasteiger partial charge in [-0.15, -0.1) is 0 Å². The first kappa shape index (κ1) is 14.7. The van der Waals surface area contributed by atoms with Gasteiger partial charge in [-0.3, -0.25) is 0 Å². The third-order valence-corrected chi connectivity index (χ3v) is 3.59. The number of hydrogen-bond donors (Lipinski definition) is 1. The minimum absolute atomic E-state index is 0.868. The standard InChI is InChI=1S/C16H24N4/c1-6-15-12(4)19-20(13(15)5)16-9-14(10-17-7-2)8-11(3)18-16/h8-9,17H,6-7,10H2,1-5H3. The van der Waals surface area contributed by atoms with Crippen molar-refractivity contribution in [3.8, 4) is 5.82 Å². The molecule has 2 rings (SSSR count). The van der Waals surface area contributed by atoms with Crippen molar-refractivity contribution < 1.29 is 0 Å². The predicted molar refractivity (Wildman–Crippen MR) is 82.3 cm³/mol. The van der Waals surface area contributed by atoms with Gasteiger partial charge in [0.25, 0.3) is 0 Å². The topological polar surface area (TPSA) is 42.7 Å². The fourth-order valence-electron chi connectivity index (χ4n) is 2.61. The minimum Gasteiger partial charge on any atom is -0.313 e. The molecule has 0 aromatic carbocycles. The first-order chi connectivity index (χ1) is 9.56. The molecule has 0 atom stereocenters. The summed E-state index contributed by atoms with van der Waals surface area (Å²) in [4.78, 5) is 4.63. The van der Waals surface area contributed by atoms with E-state index in [1.54, 1.807) is 0 Å². The second-order valence-electron chi connectivity index (χ2n) is 5.17. The highest BCUT2D eigenvalue weighted by molar-refractivity contribution is 5.35. The molecule has 1 N–H and O–H groups in total. The molecule has 0 saturated carbocycles. The van der Waals surface area contributed by atoms with Gasteiger partial charge in [-0.05, 0) is 57.0 Å². The highest BCUT2D eigenvalue weighted by atomic mass is 15.3. The van der Waals surface area contributed by atoms with Crippen molar-refractivity contribution in [3.63, 3.8) is 0 Å². The summed E-state index contributed by atoms with van der Waals surface area (Å²) in [6.07, 6.45) is 1.01. The molecule has 4 heteroatoms. The van der Waals surface area contributed by atoms with Crippen molar-refractivity contribution in [3.05, 3.63) is 40.3 Å². The Kier molecular flexibility index (Phi) is 4.55. The zero-order valence-electron chi connectivity index (χ0n) is 13.1. The number of nitrogens with zero attached hydrogens (tertiary/aromatic N) is 3. The predicted octanol–water partition coefficient (Wildman–Crippen LogP) is 2.86. The number of pyridine rings is 1. The second-order valence-corrected chi connectivity index (χ2v) is 5.17. The van der Waals surface area contributed by atoms with Gasteiger partial charge in [0.15, 0.2) is 5.82 Å². The Balaban J connectivity index is 2.44. The molecule has 0 aliphatic rings. The van der Waals surface area contributed by atoms with E-state index in [-0.39, 0.29) is 0 Å². The molecule has 20 heavy (non-hydrogen) atoms. The van der Waals surface area contributed by atoms with Gasteiger partial charge in [0, 0.05) is 17.9 Å². The monoisotopic (exact) mass is 272 g/mol. The molecule has 2 heterocycles. The van der Waals surface area contributed by atoms with Crippen molar-refractivity contribution in [2.45, 2.75) is 47.6 Å². The highest BCUT2D eigenvalue weighted by Gasteiger charge is 2.12. The largest absolute Gasteiger partial charge is 0.313 e. The number of nitrogens with one attached hydrogen (secondary N) is 1. The van der Waals surface area contributed by atoms with E-state index in [0.29, 0.717) is 0 Å². The Hall–Kier alpha value is -1.68. The molecule has 0 unspecified atom stereocenters. The Morgan fingerprint density at radius 3 is 2.50 bits per heavy atom. The lowest BCUT2D eigenvalue weighted by atomic mass is 10.1. The van der Waals surface area contributed by atoms with Crippen LogP contribution in [0.3, 0.4) is 0 Å². The van der Waals surface area contributed by atoms with Crippen LogP contribution in [0.2, 0.25) is 0 Å². The summed E-state index contributed by atoms with van der Waals surface area (Å²) >= 11 is 0. The van der Waals surface area contributed by atoms with Crippen LogP contribution in [0.15, 0.2) is 12.1 Å². The molecule has 2 aromatic heterocycles. The van der Waals surface area contributed by atoms with Gasteiger partial charge in [0.2, 0.25) is 0 Å². The third kappa shape index (κ3) is 2.90. The fourth-order valence-corrected chi connectivity index (χ4v) is 2.61. The van der Waals surface area contributed by atoms with Crippen molar-refractivity contribution in [1.29, 1.82) is 0 Å². The maximum atomic E-state index is 4.65. The molecule has 108 valence electrons. The Labute approximate surface area is 121 Å². The van der Waals surface area contributed by atoms with E-state index in [2.05, 4.69) is 55.2 Å². The summed E-state index contributed by atoms with van der Waals surface area (Å²) in [5.41, 5.74) is 5.89. The summed E-state index contributed by atoms with van der Waals surface area (Å²) in [7, 11) is 0. The summed E-state index contributed by atoms with van der Waals surface area (Å²) in [5, 5.41) is 8.00. The molecule has 0 saturated heterocycles. The molecule has 0 fully saturated rings.